The van der Waals surface area contributed by atoms with Gasteiger partial charge in [-0.2, -0.15) is 0 Å². The van der Waals surface area contributed by atoms with Crippen molar-refractivity contribution in [3.05, 3.63) is 35.4 Å². The van der Waals surface area contributed by atoms with Crippen molar-refractivity contribution >= 4 is 0 Å². The number of aromatic nitrogens is 5. The van der Waals surface area contributed by atoms with Crippen LogP contribution < -0.4 is 5.32 Å². The summed E-state index contributed by atoms with van der Waals surface area (Å²) in [5, 5.41) is 11.3. The van der Waals surface area contributed by atoms with Gasteiger partial charge in [0.15, 0.2) is 0 Å². The van der Waals surface area contributed by atoms with Gasteiger partial charge in [0.1, 0.15) is 11.6 Å². The van der Waals surface area contributed by atoms with Gasteiger partial charge in [-0.15, -0.1) is 10.2 Å². The Morgan fingerprint density at radius 1 is 1.12 bits per heavy atom. The van der Waals surface area contributed by atoms with Crippen LogP contribution in [0.15, 0.2) is 12.4 Å². The van der Waals surface area contributed by atoms with Gasteiger partial charge in [-0.25, -0.2) is 0 Å². The third kappa shape index (κ3) is 2.85. The monoisotopic (exact) mass is 232 g/mol. The fourth-order valence-corrected chi connectivity index (χ4v) is 1.42. The number of rotatable bonds is 4. The molecule has 0 bridgehead atoms. The summed E-state index contributed by atoms with van der Waals surface area (Å²) in [6, 6.07) is 0. The molecule has 2 aromatic rings. The lowest BCUT2D eigenvalue weighted by Crippen LogP contribution is -2.17. The summed E-state index contributed by atoms with van der Waals surface area (Å²) in [5.74, 6) is 1.83. The van der Waals surface area contributed by atoms with E-state index in [9.17, 15) is 0 Å². The van der Waals surface area contributed by atoms with Crippen LogP contribution >= 0.6 is 0 Å². The molecule has 0 amide bonds. The predicted molar refractivity (Wildman–Crippen MR) is 63.1 cm³/mol. The average molecular weight is 232 g/mol. The molecule has 0 aliphatic rings. The molecule has 2 aromatic heterocycles. The number of nitrogens with one attached hydrogen (secondary N) is 1. The third-order valence-corrected chi connectivity index (χ3v) is 2.61. The van der Waals surface area contributed by atoms with E-state index < -0.39 is 0 Å². The van der Waals surface area contributed by atoms with Crippen molar-refractivity contribution in [1.29, 1.82) is 0 Å². The molecule has 2 heterocycles. The zero-order valence-electron chi connectivity index (χ0n) is 10.3. The summed E-state index contributed by atoms with van der Waals surface area (Å²) in [6.07, 6.45) is 3.55. The van der Waals surface area contributed by atoms with E-state index in [4.69, 9.17) is 0 Å². The van der Waals surface area contributed by atoms with Crippen LogP contribution in [0.25, 0.3) is 0 Å². The number of aryl methyl sites for hydroxylation is 2. The van der Waals surface area contributed by atoms with Crippen LogP contribution in [-0.2, 0) is 20.1 Å². The Morgan fingerprint density at radius 2 is 1.94 bits per heavy atom. The van der Waals surface area contributed by atoms with Gasteiger partial charge in [0.05, 0.1) is 17.9 Å². The largest absolute Gasteiger partial charge is 0.317 e. The van der Waals surface area contributed by atoms with E-state index >= 15 is 0 Å². The minimum absolute atomic E-state index is 0.674. The summed E-state index contributed by atoms with van der Waals surface area (Å²) in [7, 11) is 1.96. The zero-order valence-corrected chi connectivity index (χ0v) is 10.3. The van der Waals surface area contributed by atoms with Crippen molar-refractivity contribution in [1.82, 2.24) is 30.0 Å². The lowest BCUT2D eigenvalue weighted by atomic mass is 10.4. The molecule has 0 unspecified atom stereocenters. The molecule has 0 radical (unpaired) electrons. The van der Waals surface area contributed by atoms with Crippen molar-refractivity contribution in [2.24, 2.45) is 7.05 Å². The lowest BCUT2D eigenvalue weighted by molar-refractivity contribution is 0.624. The Morgan fingerprint density at radius 3 is 2.53 bits per heavy atom. The average Bonchev–Trinajstić information content (AvgIpc) is 2.64. The summed E-state index contributed by atoms with van der Waals surface area (Å²) in [4.78, 5) is 8.46. The Kier molecular flexibility index (Phi) is 3.43. The molecule has 2 rings (SSSR count). The highest BCUT2D eigenvalue weighted by molar-refractivity contribution is 5.00. The molecule has 17 heavy (non-hydrogen) atoms. The second-order valence-electron chi connectivity index (χ2n) is 3.98. The fraction of sp³-hybridized carbons (Fsp3) is 0.455. The van der Waals surface area contributed by atoms with Crippen molar-refractivity contribution in [2.45, 2.75) is 26.9 Å². The van der Waals surface area contributed by atoms with Gasteiger partial charge in [-0.3, -0.25) is 9.97 Å². The topological polar surface area (TPSA) is 68.5 Å². The van der Waals surface area contributed by atoms with E-state index in [2.05, 4.69) is 25.5 Å². The molecule has 0 aromatic carbocycles. The highest BCUT2D eigenvalue weighted by Crippen LogP contribution is 1.98. The first kappa shape index (κ1) is 11.7. The fourth-order valence-electron chi connectivity index (χ4n) is 1.42. The first-order chi connectivity index (χ1) is 8.16. The van der Waals surface area contributed by atoms with Crippen molar-refractivity contribution in [2.75, 3.05) is 0 Å². The number of nitrogens with zero attached hydrogens (tertiary/aromatic N) is 5. The van der Waals surface area contributed by atoms with Crippen LogP contribution in [0.2, 0.25) is 0 Å². The van der Waals surface area contributed by atoms with Gasteiger partial charge < -0.3 is 9.88 Å². The first-order valence-corrected chi connectivity index (χ1v) is 5.50. The van der Waals surface area contributed by atoms with E-state index in [0.29, 0.717) is 13.1 Å². The summed E-state index contributed by atoms with van der Waals surface area (Å²) < 4.78 is 1.97. The number of hydrogen-bond donors (Lipinski definition) is 1. The number of hydrogen-bond acceptors (Lipinski definition) is 5. The molecule has 1 N–H and O–H groups in total. The normalized spacial score (nSPS) is 10.8. The van der Waals surface area contributed by atoms with Crippen molar-refractivity contribution < 1.29 is 0 Å². The van der Waals surface area contributed by atoms with Gasteiger partial charge in [0.25, 0.3) is 0 Å². The smallest absolute Gasteiger partial charge is 0.146 e. The van der Waals surface area contributed by atoms with Gasteiger partial charge in [-0.05, 0) is 13.8 Å². The van der Waals surface area contributed by atoms with Crippen LogP contribution in [0.3, 0.4) is 0 Å². The maximum Gasteiger partial charge on any atom is 0.146 e. The molecule has 0 spiro atoms. The molecule has 90 valence electrons. The molecule has 0 aliphatic carbocycles. The highest BCUT2D eigenvalue weighted by Gasteiger charge is 2.04. The molecular weight excluding hydrogens is 216 g/mol. The molecule has 6 nitrogen and oxygen atoms in total. The van der Waals surface area contributed by atoms with Crippen LogP contribution in [0, 0.1) is 13.8 Å². The Bertz CT molecular complexity index is 487. The van der Waals surface area contributed by atoms with Gasteiger partial charge >= 0.3 is 0 Å². The minimum atomic E-state index is 0.674. The highest BCUT2D eigenvalue weighted by atomic mass is 15.3. The molecule has 0 saturated carbocycles. The lowest BCUT2D eigenvalue weighted by Gasteiger charge is -2.04. The molecule has 6 heteroatoms. The molecule has 0 aliphatic heterocycles. The second kappa shape index (κ2) is 5.01. The van der Waals surface area contributed by atoms with Crippen molar-refractivity contribution in [3.8, 4) is 0 Å². The SMILES string of the molecule is Cc1cnc(CNCc2nnc(C)n2C)cn1. The van der Waals surface area contributed by atoms with Crippen LogP contribution in [-0.4, -0.2) is 24.7 Å². The Balaban J connectivity index is 1.87. The second-order valence-corrected chi connectivity index (χ2v) is 3.98. The van der Waals surface area contributed by atoms with Crippen LogP contribution in [0.1, 0.15) is 23.0 Å². The maximum absolute atomic E-state index is 4.27. The molecule has 0 saturated heterocycles. The summed E-state index contributed by atoms with van der Waals surface area (Å²) in [5.41, 5.74) is 1.85. The van der Waals surface area contributed by atoms with Gasteiger partial charge in [0.2, 0.25) is 0 Å². The zero-order chi connectivity index (χ0) is 12.3. The summed E-state index contributed by atoms with van der Waals surface area (Å²) in [6.45, 7) is 5.21. The molecule has 0 atom stereocenters. The van der Waals surface area contributed by atoms with E-state index in [0.717, 1.165) is 23.0 Å². The van der Waals surface area contributed by atoms with E-state index in [1.165, 1.54) is 0 Å². The first-order valence-electron chi connectivity index (χ1n) is 5.50. The quantitative estimate of drug-likeness (QED) is 0.832. The van der Waals surface area contributed by atoms with Crippen LogP contribution in [0.4, 0.5) is 0 Å². The predicted octanol–water partition coefficient (Wildman–Crippen LogP) is 0.512. The minimum Gasteiger partial charge on any atom is -0.317 e. The Hall–Kier alpha value is -1.82. The van der Waals surface area contributed by atoms with Gasteiger partial charge in [-0.1, -0.05) is 0 Å². The Labute approximate surface area is 100 Å². The van der Waals surface area contributed by atoms with Gasteiger partial charge in [0, 0.05) is 26.0 Å². The molecular formula is C11H16N6. The van der Waals surface area contributed by atoms with E-state index in [-0.39, 0.29) is 0 Å². The molecule has 0 fully saturated rings. The maximum atomic E-state index is 4.27. The van der Waals surface area contributed by atoms with E-state index in [1.54, 1.807) is 12.4 Å². The van der Waals surface area contributed by atoms with E-state index in [1.807, 2.05) is 25.5 Å². The third-order valence-electron chi connectivity index (χ3n) is 2.61. The van der Waals surface area contributed by atoms with Crippen molar-refractivity contribution in [3.63, 3.8) is 0 Å². The van der Waals surface area contributed by atoms with Crippen LogP contribution in [0.5, 0.6) is 0 Å². The summed E-state index contributed by atoms with van der Waals surface area (Å²) >= 11 is 0. The standard InChI is InChI=1S/C11H16N6/c1-8-4-14-10(6-13-8)5-12-7-11-16-15-9(2)17(11)3/h4,6,12H,5,7H2,1-3H3.